The van der Waals surface area contributed by atoms with Crippen LogP contribution in [-0.2, 0) is 14.3 Å². The monoisotopic (exact) mass is 412 g/mol. The molecule has 0 heterocycles. The number of carbonyl (C=O) groups is 3. The highest BCUT2D eigenvalue weighted by molar-refractivity contribution is 5.95. The number of carbonyl (C=O) groups excluding carboxylic acids is 3. The Kier molecular flexibility index (Phi) is 8.43. The minimum Gasteiger partial charge on any atom is -0.493 e. The molecule has 2 rings (SSSR count). The van der Waals surface area contributed by atoms with E-state index in [0.29, 0.717) is 22.6 Å². The first kappa shape index (κ1) is 22.5. The number of amides is 2. The van der Waals surface area contributed by atoms with Crippen LogP contribution in [0.25, 0.3) is 6.08 Å². The van der Waals surface area contributed by atoms with Gasteiger partial charge in [-0.15, -0.1) is 0 Å². The van der Waals surface area contributed by atoms with E-state index in [9.17, 15) is 14.4 Å². The molecule has 2 N–H and O–H groups in total. The predicted octanol–water partition coefficient (Wildman–Crippen LogP) is 2.50. The normalized spacial score (nSPS) is 10.5. The van der Waals surface area contributed by atoms with Crippen LogP contribution in [-0.4, -0.2) is 37.6 Å². The molecule has 8 heteroatoms. The first-order valence-corrected chi connectivity index (χ1v) is 9.23. The molecule has 0 fully saturated rings. The fourth-order valence-corrected chi connectivity index (χ4v) is 2.31. The van der Waals surface area contributed by atoms with E-state index in [4.69, 9.17) is 14.2 Å². The lowest BCUT2D eigenvalue weighted by molar-refractivity contribution is -0.144. The molecule has 0 spiro atoms. The third-order valence-electron chi connectivity index (χ3n) is 3.66. The van der Waals surface area contributed by atoms with E-state index in [1.54, 1.807) is 48.5 Å². The maximum atomic E-state index is 11.8. The van der Waals surface area contributed by atoms with Crippen LogP contribution in [0, 0.1) is 0 Å². The van der Waals surface area contributed by atoms with Crippen molar-refractivity contribution >= 4 is 23.9 Å². The van der Waals surface area contributed by atoms with Gasteiger partial charge in [-0.25, -0.2) is 4.79 Å². The van der Waals surface area contributed by atoms with Gasteiger partial charge in [0.15, 0.2) is 18.1 Å². The van der Waals surface area contributed by atoms with Crippen LogP contribution in [0.4, 0.5) is 0 Å². The molecule has 0 aromatic heterocycles. The summed E-state index contributed by atoms with van der Waals surface area (Å²) >= 11 is 0. The molecular weight excluding hydrogens is 388 g/mol. The third kappa shape index (κ3) is 7.31. The Morgan fingerprint density at radius 1 is 1.00 bits per heavy atom. The highest BCUT2D eigenvalue weighted by Crippen LogP contribution is 2.29. The summed E-state index contributed by atoms with van der Waals surface area (Å²) < 4.78 is 15.8. The van der Waals surface area contributed by atoms with Crippen molar-refractivity contribution < 1.29 is 28.6 Å². The van der Waals surface area contributed by atoms with Crippen LogP contribution in [0.1, 0.15) is 29.8 Å². The average Bonchev–Trinajstić information content (AvgIpc) is 2.75. The minimum absolute atomic E-state index is 0.00103. The number of nitrogens with one attached hydrogen (secondary N) is 2. The van der Waals surface area contributed by atoms with Crippen LogP contribution in [0.3, 0.4) is 0 Å². The summed E-state index contributed by atoms with van der Waals surface area (Å²) in [5, 5.41) is 0. The van der Waals surface area contributed by atoms with Crippen LogP contribution in [0.5, 0.6) is 11.5 Å². The Hall–Kier alpha value is -3.81. The molecule has 0 atom stereocenters. The van der Waals surface area contributed by atoms with Gasteiger partial charge in [0.05, 0.1) is 13.2 Å². The summed E-state index contributed by atoms with van der Waals surface area (Å²) in [7, 11) is 1.53. The summed E-state index contributed by atoms with van der Waals surface area (Å²) in [6.45, 7) is 3.28. The molecule has 8 nitrogen and oxygen atoms in total. The number of hydrogen-bond acceptors (Lipinski definition) is 6. The van der Waals surface area contributed by atoms with Gasteiger partial charge >= 0.3 is 5.97 Å². The number of methoxy groups -OCH3 is 1. The van der Waals surface area contributed by atoms with Gasteiger partial charge in [-0.3, -0.25) is 20.4 Å². The highest BCUT2D eigenvalue weighted by Gasteiger charge is 2.09. The number of hydrogen-bond donors (Lipinski definition) is 2. The van der Waals surface area contributed by atoms with Crippen LogP contribution in [0.15, 0.2) is 54.6 Å². The topological polar surface area (TPSA) is 103 Å². The number of hydrazine groups is 1. The molecular formula is C22H24N2O6. The van der Waals surface area contributed by atoms with E-state index in [-0.39, 0.29) is 6.10 Å². The van der Waals surface area contributed by atoms with Crippen molar-refractivity contribution in [3.8, 4) is 11.5 Å². The molecule has 0 aliphatic heterocycles. The average molecular weight is 412 g/mol. The van der Waals surface area contributed by atoms with Gasteiger partial charge in [0.25, 0.3) is 11.8 Å². The van der Waals surface area contributed by atoms with Gasteiger partial charge in [-0.2, -0.15) is 0 Å². The number of rotatable bonds is 8. The van der Waals surface area contributed by atoms with Gasteiger partial charge in [0, 0.05) is 11.6 Å². The quantitative estimate of drug-likeness (QED) is 0.392. The van der Waals surface area contributed by atoms with Gasteiger partial charge in [0.2, 0.25) is 0 Å². The third-order valence-corrected chi connectivity index (χ3v) is 3.66. The van der Waals surface area contributed by atoms with Gasteiger partial charge in [-0.1, -0.05) is 24.3 Å². The van der Waals surface area contributed by atoms with Crippen molar-refractivity contribution in [3.05, 3.63) is 65.7 Å². The zero-order valence-corrected chi connectivity index (χ0v) is 17.0. The molecule has 2 aromatic carbocycles. The van der Waals surface area contributed by atoms with E-state index >= 15 is 0 Å². The molecule has 0 saturated heterocycles. The molecule has 30 heavy (non-hydrogen) atoms. The van der Waals surface area contributed by atoms with Crippen LogP contribution >= 0.6 is 0 Å². The lowest BCUT2D eigenvalue weighted by atomic mass is 10.2. The smallest absolute Gasteiger partial charge is 0.331 e. The van der Waals surface area contributed by atoms with Gasteiger partial charge < -0.3 is 14.2 Å². The van der Waals surface area contributed by atoms with E-state index in [2.05, 4.69) is 10.9 Å². The second kappa shape index (κ2) is 11.3. The molecule has 0 aliphatic carbocycles. The summed E-state index contributed by atoms with van der Waals surface area (Å²) in [5.74, 6) is -0.720. The lowest BCUT2D eigenvalue weighted by Crippen LogP contribution is -2.43. The molecule has 0 saturated carbocycles. The predicted molar refractivity (Wildman–Crippen MR) is 111 cm³/mol. The van der Waals surface area contributed by atoms with Crippen molar-refractivity contribution in [2.75, 3.05) is 13.7 Å². The SMILES string of the molecule is COc1cc(/C=C/C(=O)OCC(=O)NNC(=O)c2ccccc2)ccc1OC(C)C. The number of ether oxygens (including phenoxy) is 3. The minimum atomic E-state index is -0.707. The molecule has 0 bridgehead atoms. The van der Waals surface area contributed by atoms with Gasteiger partial charge in [-0.05, 0) is 49.8 Å². The molecule has 2 amide bonds. The Morgan fingerprint density at radius 3 is 2.40 bits per heavy atom. The first-order chi connectivity index (χ1) is 14.4. The standard InChI is InChI=1S/C22H24N2O6/c1-15(2)30-18-11-9-16(13-19(18)28-3)10-12-21(26)29-14-20(25)23-24-22(27)17-7-5-4-6-8-17/h4-13,15H,14H2,1-3H3,(H,23,25)(H,24,27)/b12-10+. The van der Waals surface area contributed by atoms with E-state index in [1.165, 1.54) is 19.3 Å². The lowest BCUT2D eigenvalue weighted by Gasteiger charge is -2.13. The zero-order valence-electron chi connectivity index (χ0n) is 17.0. The zero-order chi connectivity index (χ0) is 21.9. The first-order valence-electron chi connectivity index (χ1n) is 9.23. The molecule has 158 valence electrons. The second-order valence-electron chi connectivity index (χ2n) is 6.39. The largest absolute Gasteiger partial charge is 0.493 e. The van der Waals surface area contributed by atoms with Crippen molar-refractivity contribution in [1.29, 1.82) is 0 Å². The number of benzene rings is 2. The van der Waals surface area contributed by atoms with Crippen LogP contribution in [0.2, 0.25) is 0 Å². The Balaban J connectivity index is 1.80. The van der Waals surface area contributed by atoms with Crippen molar-refractivity contribution in [1.82, 2.24) is 10.9 Å². The molecule has 2 aromatic rings. The fourth-order valence-electron chi connectivity index (χ4n) is 2.31. The van der Waals surface area contributed by atoms with Crippen molar-refractivity contribution in [3.63, 3.8) is 0 Å². The summed E-state index contributed by atoms with van der Waals surface area (Å²) in [4.78, 5) is 35.3. The maximum Gasteiger partial charge on any atom is 0.331 e. The Labute approximate surface area is 174 Å². The summed E-state index contributed by atoms with van der Waals surface area (Å²) in [6, 6.07) is 13.6. The van der Waals surface area contributed by atoms with E-state index in [0.717, 1.165) is 0 Å². The highest BCUT2D eigenvalue weighted by atomic mass is 16.5. The molecule has 0 unspecified atom stereocenters. The Bertz CT molecular complexity index is 909. The summed E-state index contributed by atoms with van der Waals surface area (Å²) in [5.41, 5.74) is 5.50. The maximum absolute atomic E-state index is 11.8. The summed E-state index contributed by atoms with van der Waals surface area (Å²) in [6.07, 6.45) is 2.71. The number of esters is 1. The molecule has 0 aliphatic rings. The van der Waals surface area contributed by atoms with Crippen molar-refractivity contribution in [2.45, 2.75) is 20.0 Å². The Morgan fingerprint density at radius 2 is 1.73 bits per heavy atom. The van der Waals surface area contributed by atoms with Crippen molar-refractivity contribution in [2.24, 2.45) is 0 Å². The van der Waals surface area contributed by atoms with Crippen LogP contribution < -0.4 is 20.3 Å². The van der Waals surface area contributed by atoms with Gasteiger partial charge in [0.1, 0.15) is 0 Å². The fraction of sp³-hybridized carbons (Fsp3) is 0.227. The second-order valence-corrected chi connectivity index (χ2v) is 6.39. The van der Waals surface area contributed by atoms with E-state index < -0.39 is 24.4 Å². The van der Waals surface area contributed by atoms with E-state index in [1.807, 2.05) is 13.8 Å². The molecule has 0 radical (unpaired) electrons.